The van der Waals surface area contributed by atoms with Crippen molar-refractivity contribution in [3.05, 3.63) is 33.6 Å². The second kappa shape index (κ2) is 4.04. The molecule has 0 fully saturated rings. The number of nitro benzene ring substituents is 1. The fourth-order valence-electron chi connectivity index (χ4n) is 1.19. The van der Waals surface area contributed by atoms with Crippen LogP contribution in [-0.2, 0) is 0 Å². The zero-order chi connectivity index (χ0) is 11.6. The van der Waals surface area contributed by atoms with Gasteiger partial charge in [0.1, 0.15) is 11.4 Å². The standard InChI is InChI=1S/C9H8FNO4/c1-5(12)7-3-6(10)4-8(15-2)9(7)11(13)14/h3-4H,1-2H3. The largest absolute Gasteiger partial charge is 0.490 e. The minimum atomic E-state index is -0.769. The Bertz CT molecular complexity index is 430. The lowest BCUT2D eigenvalue weighted by molar-refractivity contribution is -0.386. The molecular weight excluding hydrogens is 205 g/mol. The van der Waals surface area contributed by atoms with Crippen molar-refractivity contribution >= 4 is 11.5 Å². The number of ketones is 1. The Hall–Kier alpha value is -1.98. The molecule has 0 N–H and O–H groups in total. The number of rotatable bonds is 3. The Balaban J connectivity index is 3.54. The topological polar surface area (TPSA) is 69.4 Å². The van der Waals surface area contributed by atoms with Gasteiger partial charge >= 0.3 is 5.69 Å². The van der Waals surface area contributed by atoms with Crippen LogP contribution >= 0.6 is 0 Å². The maximum absolute atomic E-state index is 13.0. The maximum Gasteiger partial charge on any atom is 0.321 e. The van der Waals surface area contributed by atoms with Gasteiger partial charge in [0.25, 0.3) is 0 Å². The van der Waals surface area contributed by atoms with Gasteiger partial charge in [-0.1, -0.05) is 0 Å². The number of methoxy groups -OCH3 is 1. The number of carbonyl (C=O) groups excluding carboxylic acids is 1. The molecule has 0 radical (unpaired) electrons. The first-order chi connectivity index (χ1) is 6.97. The van der Waals surface area contributed by atoms with E-state index in [1.807, 2.05) is 0 Å². The summed E-state index contributed by atoms with van der Waals surface area (Å²) in [7, 11) is 1.17. The highest BCUT2D eigenvalue weighted by Gasteiger charge is 2.24. The molecule has 80 valence electrons. The summed E-state index contributed by atoms with van der Waals surface area (Å²) in [5, 5.41) is 10.7. The van der Waals surface area contributed by atoms with Crippen LogP contribution in [0.2, 0.25) is 0 Å². The third-order valence-electron chi connectivity index (χ3n) is 1.82. The van der Waals surface area contributed by atoms with Gasteiger partial charge in [-0.05, 0) is 13.0 Å². The van der Waals surface area contributed by atoms with E-state index in [2.05, 4.69) is 4.74 Å². The molecule has 15 heavy (non-hydrogen) atoms. The Morgan fingerprint density at radius 1 is 1.53 bits per heavy atom. The lowest BCUT2D eigenvalue weighted by atomic mass is 10.1. The second-order valence-electron chi connectivity index (χ2n) is 2.82. The van der Waals surface area contributed by atoms with Gasteiger partial charge in [0.15, 0.2) is 5.78 Å². The summed E-state index contributed by atoms with van der Waals surface area (Å²) in [4.78, 5) is 21.0. The first-order valence-corrected chi connectivity index (χ1v) is 4.00. The molecule has 1 aromatic carbocycles. The van der Waals surface area contributed by atoms with Crippen LogP contribution in [0.5, 0.6) is 5.75 Å². The van der Waals surface area contributed by atoms with E-state index in [9.17, 15) is 19.3 Å². The van der Waals surface area contributed by atoms with E-state index in [0.29, 0.717) is 0 Å². The van der Waals surface area contributed by atoms with E-state index in [-0.39, 0.29) is 11.3 Å². The van der Waals surface area contributed by atoms with Crippen molar-refractivity contribution in [3.8, 4) is 5.75 Å². The van der Waals surface area contributed by atoms with E-state index in [1.165, 1.54) is 7.11 Å². The predicted molar refractivity (Wildman–Crippen MR) is 49.6 cm³/mol. The smallest absolute Gasteiger partial charge is 0.321 e. The molecule has 0 bridgehead atoms. The van der Waals surface area contributed by atoms with Gasteiger partial charge in [-0.25, -0.2) is 4.39 Å². The molecule has 0 unspecified atom stereocenters. The van der Waals surface area contributed by atoms with Crippen molar-refractivity contribution in [2.24, 2.45) is 0 Å². The molecule has 1 aromatic rings. The average Bonchev–Trinajstić information content (AvgIpc) is 2.15. The highest BCUT2D eigenvalue weighted by atomic mass is 19.1. The first-order valence-electron chi connectivity index (χ1n) is 4.00. The van der Waals surface area contributed by atoms with E-state index in [1.54, 1.807) is 0 Å². The number of ether oxygens (including phenoxy) is 1. The van der Waals surface area contributed by atoms with Crippen molar-refractivity contribution in [3.63, 3.8) is 0 Å². The minimum Gasteiger partial charge on any atom is -0.490 e. The van der Waals surface area contributed by atoms with Crippen LogP contribution in [0, 0.1) is 15.9 Å². The molecule has 1 rings (SSSR count). The molecule has 0 aliphatic carbocycles. The summed E-state index contributed by atoms with van der Waals surface area (Å²) in [5.41, 5.74) is -0.803. The van der Waals surface area contributed by atoms with Gasteiger partial charge in [-0.3, -0.25) is 14.9 Å². The Kier molecular flexibility index (Phi) is 2.99. The molecule has 0 amide bonds. The molecule has 5 nitrogen and oxygen atoms in total. The molecule has 0 aliphatic heterocycles. The van der Waals surface area contributed by atoms with E-state index in [0.717, 1.165) is 19.1 Å². The number of Topliss-reactive ketones (excluding diaryl/α,β-unsaturated/α-hetero) is 1. The van der Waals surface area contributed by atoms with Crippen LogP contribution in [0.4, 0.5) is 10.1 Å². The van der Waals surface area contributed by atoms with Crippen LogP contribution in [-0.4, -0.2) is 17.8 Å². The number of carbonyl (C=O) groups is 1. The summed E-state index contributed by atoms with van der Waals surface area (Å²) < 4.78 is 17.6. The van der Waals surface area contributed by atoms with E-state index < -0.39 is 22.2 Å². The Morgan fingerprint density at radius 2 is 2.13 bits per heavy atom. The van der Waals surface area contributed by atoms with Crippen LogP contribution in [0.1, 0.15) is 17.3 Å². The Morgan fingerprint density at radius 3 is 2.53 bits per heavy atom. The number of nitro groups is 1. The lowest BCUT2D eigenvalue weighted by Gasteiger charge is -2.04. The lowest BCUT2D eigenvalue weighted by Crippen LogP contribution is -2.03. The molecule has 0 atom stereocenters. The molecule has 0 saturated carbocycles. The monoisotopic (exact) mass is 213 g/mol. The molecule has 0 spiro atoms. The van der Waals surface area contributed by atoms with Gasteiger partial charge in [0, 0.05) is 6.07 Å². The van der Waals surface area contributed by atoms with Crippen molar-refractivity contribution in [2.75, 3.05) is 7.11 Å². The molecule has 0 saturated heterocycles. The van der Waals surface area contributed by atoms with Crippen molar-refractivity contribution < 1.29 is 18.8 Å². The minimum absolute atomic E-state index is 0.259. The Labute approximate surface area is 84.6 Å². The fourth-order valence-corrected chi connectivity index (χ4v) is 1.19. The zero-order valence-corrected chi connectivity index (χ0v) is 8.11. The normalized spacial score (nSPS) is 9.80. The molecule has 6 heteroatoms. The maximum atomic E-state index is 13.0. The zero-order valence-electron chi connectivity index (χ0n) is 8.11. The SMILES string of the molecule is COc1cc(F)cc(C(C)=O)c1[N+](=O)[O-]. The van der Waals surface area contributed by atoms with Crippen molar-refractivity contribution in [2.45, 2.75) is 6.92 Å². The van der Waals surface area contributed by atoms with Gasteiger partial charge in [-0.2, -0.15) is 0 Å². The van der Waals surface area contributed by atoms with E-state index >= 15 is 0 Å². The summed E-state index contributed by atoms with van der Waals surface area (Å²) in [6.45, 7) is 1.13. The summed E-state index contributed by atoms with van der Waals surface area (Å²) in [5.74, 6) is -1.59. The van der Waals surface area contributed by atoms with Crippen LogP contribution < -0.4 is 4.74 Å². The third-order valence-corrected chi connectivity index (χ3v) is 1.82. The second-order valence-corrected chi connectivity index (χ2v) is 2.82. The number of benzene rings is 1. The van der Waals surface area contributed by atoms with Crippen molar-refractivity contribution in [1.29, 1.82) is 0 Å². The van der Waals surface area contributed by atoms with Crippen molar-refractivity contribution in [1.82, 2.24) is 0 Å². The summed E-state index contributed by atoms with van der Waals surface area (Å²) in [6.07, 6.45) is 0. The van der Waals surface area contributed by atoms with Gasteiger partial charge < -0.3 is 4.74 Å². The van der Waals surface area contributed by atoms with Gasteiger partial charge in [-0.15, -0.1) is 0 Å². The number of hydrogen-bond acceptors (Lipinski definition) is 4. The fraction of sp³-hybridized carbons (Fsp3) is 0.222. The summed E-state index contributed by atoms with van der Waals surface area (Å²) in [6, 6.07) is 1.69. The summed E-state index contributed by atoms with van der Waals surface area (Å²) >= 11 is 0. The third kappa shape index (κ3) is 2.09. The highest BCUT2D eigenvalue weighted by molar-refractivity contribution is 5.99. The predicted octanol–water partition coefficient (Wildman–Crippen LogP) is 1.95. The molecule has 0 heterocycles. The first kappa shape index (κ1) is 11.1. The number of hydrogen-bond donors (Lipinski definition) is 0. The average molecular weight is 213 g/mol. The van der Waals surface area contributed by atoms with Gasteiger partial charge in [0.2, 0.25) is 5.75 Å². The number of halogens is 1. The molecule has 0 aromatic heterocycles. The highest BCUT2D eigenvalue weighted by Crippen LogP contribution is 2.32. The van der Waals surface area contributed by atoms with E-state index in [4.69, 9.17) is 0 Å². The quantitative estimate of drug-likeness (QED) is 0.437. The van der Waals surface area contributed by atoms with Crippen LogP contribution in [0.25, 0.3) is 0 Å². The molecule has 0 aliphatic rings. The van der Waals surface area contributed by atoms with Crippen LogP contribution in [0.15, 0.2) is 12.1 Å². The number of nitrogens with zero attached hydrogens (tertiary/aromatic N) is 1. The molecular formula is C9H8FNO4. The van der Waals surface area contributed by atoms with Gasteiger partial charge in [0.05, 0.1) is 12.0 Å². The van der Waals surface area contributed by atoms with Crippen LogP contribution in [0.3, 0.4) is 0 Å².